The number of carbonyl (C=O) groups excluding carboxylic acids is 2. The van der Waals surface area contributed by atoms with Crippen LogP contribution in [0.5, 0.6) is 11.5 Å². The maximum atomic E-state index is 14.5. The number of nitrogens with one attached hydrogen (secondary N) is 1. The summed E-state index contributed by atoms with van der Waals surface area (Å²) in [6, 6.07) is 26.0. The third kappa shape index (κ3) is 6.25. The predicted octanol–water partition coefficient (Wildman–Crippen LogP) is 5.95. The zero-order valence-corrected chi connectivity index (χ0v) is 23.4. The Hall–Kier alpha value is -5.44. The van der Waals surface area contributed by atoms with Crippen LogP contribution in [0.25, 0.3) is 0 Å². The number of hydrogen-bond donors (Lipinski definition) is 3. The van der Waals surface area contributed by atoms with E-state index < -0.39 is 34.9 Å². The van der Waals surface area contributed by atoms with E-state index in [1.54, 1.807) is 11.0 Å². The number of hydrogen-bond acceptors (Lipinski definition) is 5. The van der Waals surface area contributed by atoms with Crippen LogP contribution in [0.1, 0.15) is 77.0 Å². The summed E-state index contributed by atoms with van der Waals surface area (Å²) in [6.45, 7) is 0.110. The van der Waals surface area contributed by atoms with Gasteiger partial charge in [0, 0.05) is 13.6 Å². The van der Waals surface area contributed by atoms with Gasteiger partial charge in [-0.2, -0.15) is 0 Å². The Morgan fingerprint density at radius 1 is 0.791 bits per heavy atom. The molecule has 218 valence electrons. The van der Waals surface area contributed by atoms with Crippen molar-refractivity contribution >= 4 is 23.8 Å². The van der Waals surface area contributed by atoms with E-state index in [2.05, 4.69) is 5.32 Å². The molecule has 0 bridgehead atoms. The molecule has 0 heterocycles. The van der Waals surface area contributed by atoms with Crippen molar-refractivity contribution in [1.29, 1.82) is 0 Å². The first-order chi connectivity index (χ1) is 20.8. The summed E-state index contributed by atoms with van der Waals surface area (Å²) in [5.41, 5.74) is 1.24. The maximum Gasteiger partial charge on any atom is 0.336 e. The summed E-state index contributed by atoms with van der Waals surface area (Å²) in [5.74, 6) is -3.11. The second-order valence-electron chi connectivity index (χ2n) is 10.2. The quantitative estimate of drug-likeness (QED) is 0.223. The van der Waals surface area contributed by atoms with E-state index in [0.29, 0.717) is 17.9 Å². The minimum Gasteiger partial charge on any atom is -0.478 e. The first-order valence-electron chi connectivity index (χ1n) is 13.8. The summed E-state index contributed by atoms with van der Waals surface area (Å²) in [5, 5.41) is 22.1. The number of ether oxygens (including phenoxy) is 1. The number of benzene rings is 4. The predicted molar refractivity (Wildman–Crippen MR) is 159 cm³/mol. The smallest absolute Gasteiger partial charge is 0.336 e. The van der Waals surface area contributed by atoms with E-state index in [1.807, 2.05) is 72.8 Å². The van der Waals surface area contributed by atoms with E-state index in [1.165, 1.54) is 7.05 Å². The van der Waals surface area contributed by atoms with Gasteiger partial charge >= 0.3 is 11.9 Å². The highest BCUT2D eigenvalue weighted by molar-refractivity contribution is 6.11. The molecule has 0 unspecified atom stereocenters. The number of aryl methyl sites for hydroxylation is 1. The Kier molecular flexibility index (Phi) is 8.52. The lowest BCUT2D eigenvalue weighted by atomic mass is 9.86. The molecule has 0 saturated heterocycles. The molecule has 0 saturated carbocycles. The third-order valence-electron chi connectivity index (χ3n) is 7.53. The molecule has 0 spiro atoms. The summed E-state index contributed by atoms with van der Waals surface area (Å²) < 4.78 is 6.01. The number of amides is 2. The lowest BCUT2D eigenvalue weighted by Crippen LogP contribution is -2.37. The molecule has 1 aliphatic carbocycles. The lowest BCUT2D eigenvalue weighted by Gasteiger charge is -2.36. The van der Waals surface area contributed by atoms with E-state index in [-0.39, 0.29) is 23.7 Å². The summed E-state index contributed by atoms with van der Waals surface area (Å²) >= 11 is 0. The van der Waals surface area contributed by atoms with Crippen molar-refractivity contribution in [3.05, 3.63) is 130 Å². The second-order valence-corrected chi connectivity index (χ2v) is 10.2. The van der Waals surface area contributed by atoms with Crippen LogP contribution in [0, 0.1) is 0 Å². The van der Waals surface area contributed by atoms with Gasteiger partial charge in [0.1, 0.15) is 11.5 Å². The minimum absolute atomic E-state index is 0.110. The van der Waals surface area contributed by atoms with Gasteiger partial charge in [-0.1, -0.05) is 54.6 Å². The fourth-order valence-corrected chi connectivity index (χ4v) is 5.51. The van der Waals surface area contributed by atoms with Crippen molar-refractivity contribution < 1.29 is 34.1 Å². The third-order valence-corrected chi connectivity index (χ3v) is 7.53. The van der Waals surface area contributed by atoms with Crippen molar-refractivity contribution in [2.45, 2.75) is 31.8 Å². The molecule has 9 heteroatoms. The van der Waals surface area contributed by atoms with Crippen LogP contribution < -0.4 is 10.1 Å². The first-order valence-corrected chi connectivity index (χ1v) is 13.8. The van der Waals surface area contributed by atoms with E-state index in [9.17, 15) is 29.4 Å². The van der Waals surface area contributed by atoms with Crippen molar-refractivity contribution in [2.75, 3.05) is 7.05 Å². The van der Waals surface area contributed by atoms with Crippen LogP contribution in [0.3, 0.4) is 0 Å². The summed E-state index contributed by atoms with van der Waals surface area (Å²) in [4.78, 5) is 53.0. The molecule has 1 atom stereocenters. The number of carbonyl (C=O) groups is 4. The highest BCUT2D eigenvalue weighted by Gasteiger charge is 2.33. The highest BCUT2D eigenvalue weighted by atomic mass is 16.5. The van der Waals surface area contributed by atoms with Gasteiger partial charge in [0.15, 0.2) is 0 Å². The van der Waals surface area contributed by atoms with Gasteiger partial charge in [-0.05, 0) is 72.4 Å². The number of para-hydroxylation sites is 1. The largest absolute Gasteiger partial charge is 0.478 e. The van der Waals surface area contributed by atoms with Crippen LogP contribution in [-0.2, 0) is 13.0 Å². The van der Waals surface area contributed by atoms with Crippen molar-refractivity contribution in [3.8, 4) is 11.5 Å². The Labute approximate surface area is 248 Å². The fourth-order valence-electron chi connectivity index (χ4n) is 5.51. The van der Waals surface area contributed by atoms with Crippen LogP contribution in [0.15, 0.2) is 91.0 Å². The molecule has 43 heavy (non-hydrogen) atoms. The molecule has 4 aromatic rings. The normalized spacial score (nSPS) is 13.8. The topological polar surface area (TPSA) is 133 Å². The number of aromatic carboxylic acids is 2. The minimum atomic E-state index is -1.48. The Balaban J connectivity index is 1.61. The summed E-state index contributed by atoms with van der Waals surface area (Å²) in [6.07, 6.45) is 2.31. The molecule has 2 amide bonds. The average Bonchev–Trinajstić information content (AvgIpc) is 3.02. The molecule has 0 aliphatic heterocycles. The first kappa shape index (κ1) is 29.1. The Morgan fingerprint density at radius 3 is 2.16 bits per heavy atom. The van der Waals surface area contributed by atoms with E-state index in [0.717, 1.165) is 41.7 Å². The molecular formula is C34H30N2O7. The number of carboxylic acids is 2. The lowest BCUT2D eigenvalue weighted by molar-refractivity contribution is 0.0613. The van der Waals surface area contributed by atoms with Gasteiger partial charge in [-0.15, -0.1) is 0 Å². The van der Waals surface area contributed by atoms with Crippen LogP contribution in [0.4, 0.5) is 0 Å². The van der Waals surface area contributed by atoms with Crippen LogP contribution in [0.2, 0.25) is 0 Å². The van der Waals surface area contributed by atoms with Crippen molar-refractivity contribution in [1.82, 2.24) is 10.2 Å². The Morgan fingerprint density at radius 2 is 1.44 bits per heavy atom. The van der Waals surface area contributed by atoms with Crippen molar-refractivity contribution in [3.63, 3.8) is 0 Å². The van der Waals surface area contributed by atoms with E-state index >= 15 is 0 Å². The fraction of sp³-hybridized carbons (Fsp3) is 0.176. The average molecular weight is 579 g/mol. The molecule has 0 fully saturated rings. The Bertz CT molecular complexity index is 1700. The molecular weight excluding hydrogens is 548 g/mol. The second kappa shape index (κ2) is 12.6. The molecule has 5 rings (SSSR count). The van der Waals surface area contributed by atoms with Gasteiger partial charge in [0.2, 0.25) is 0 Å². The van der Waals surface area contributed by atoms with E-state index in [4.69, 9.17) is 4.74 Å². The van der Waals surface area contributed by atoms with Gasteiger partial charge in [0.25, 0.3) is 11.8 Å². The monoisotopic (exact) mass is 578 g/mol. The molecule has 0 radical (unpaired) electrons. The number of carboxylic acid groups (broad SMARTS) is 2. The zero-order chi connectivity index (χ0) is 30.5. The highest BCUT2D eigenvalue weighted by Crippen LogP contribution is 2.37. The molecule has 9 nitrogen and oxygen atoms in total. The number of rotatable bonds is 9. The maximum absolute atomic E-state index is 14.5. The van der Waals surface area contributed by atoms with Crippen molar-refractivity contribution in [2.24, 2.45) is 0 Å². The van der Waals surface area contributed by atoms with Gasteiger partial charge in [0.05, 0.1) is 28.3 Å². The number of nitrogens with zero attached hydrogens (tertiary/aromatic N) is 1. The van der Waals surface area contributed by atoms with Crippen LogP contribution in [-0.4, -0.2) is 45.9 Å². The van der Waals surface area contributed by atoms with Gasteiger partial charge in [-0.3, -0.25) is 9.59 Å². The van der Waals surface area contributed by atoms with Crippen LogP contribution >= 0.6 is 0 Å². The SMILES string of the molecule is CNC(=O)c1cc(C(=O)N(Cc2cccc(Oc3ccccc3)c2)[C@H]2CCCc3ccccc32)c(C(=O)O)cc1C(=O)O. The molecule has 1 aliphatic rings. The zero-order valence-electron chi connectivity index (χ0n) is 23.4. The van der Waals surface area contributed by atoms with Gasteiger partial charge in [-0.25, -0.2) is 9.59 Å². The molecule has 4 aromatic carbocycles. The van der Waals surface area contributed by atoms with Gasteiger partial charge < -0.3 is 25.2 Å². The molecule has 3 N–H and O–H groups in total. The standard InChI is InChI=1S/C34H30N2O7/c1-35-31(37)26-18-27(29(34(41)42)19-28(26)33(39)40)32(38)36(30-16-8-11-22-10-5-6-15-25(22)30)20-21-9-7-14-24(17-21)43-23-12-3-2-4-13-23/h2-7,9-10,12-15,17-19,30H,8,11,16,20H2,1H3,(H,35,37)(H,39,40)(H,41,42)/t30-/m0/s1. The number of fused-ring (bicyclic) bond motifs is 1. The molecule has 0 aromatic heterocycles. The summed E-state index contributed by atoms with van der Waals surface area (Å²) in [7, 11) is 1.33.